The lowest BCUT2D eigenvalue weighted by atomic mass is 9.85. The SMILES string of the molecule is CC(C#N)(NCc1ccccc1)C1CCCC1. The average Bonchev–Trinajstić information content (AvgIpc) is 2.92. The molecule has 1 atom stereocenters. The summed E-state index contributed by atoms with van der Waals surface area (Å²) in [6, 6.07) is 12.8. The third kappa shape index (κ3) is 2.87. The van der Waals surface area contributed by atoms with E-state index in [4.69, 9.17) is 0 Å². The van der Waals surface area contributed by atoms with Crippen LogP contribution in [0.4, 0.5) is 0 Å². The zero-order valence-electron chi connectivity index (χ0n) is 10.4. The summed E-state index contributed by atoms with van der Waals surface area (Å²) >= 11 is 0. The predicted molar refractivity (Wildman–Crippen MR) is 69.3 cm³/mol. The van der Waals surface area contributed by atoms with Crippen LogP contribution in [0.15, 0.2) is 30.3 Å². The smallest absolute Gasteiger partial charge is 0.107 e. The van der Waals surface area contributed by atoms with Crippen molar-refractivity contribution in [1.82, 2.24) is 5.32 Å². The maximum absolute atomic E-state index is 9.41. The van der Waals surface area contributed by atoms with Crippen molar-refractivity contribution in [2.24, 2.45) is 5.92 Å². The quantitative estimate of drug-likeness (QED) is 0.858. The molecule has 1 saturated carbocycles. The van der Waals surface area contributed by atoms with Gasteiger partial charge in [-0.15, -0.1) is 0 Å². The van der Waals surface area contributed by atoms with Crippen LogP contribution in [0.2, 0.25) is 0 Å². The summed E-state index contributed by atoms with van der Waals surface area (Å²) in [5, 5.41) is 12.9. The van der Waals surface area contributed by atoms with Crippen LogP contribution in [0, 0.1) is 17.2 Å². The number of hydrogen-bond donors (Lipinski definition) is 1. The van der Waals surface area contributed by atoms with Gasteiger partial charge in [-0.1, -0.05) is 43.2 Å². The van der Waals surface area contributed by atoms with Crippen LogP contribution in [-0.2, 0) is 6.54 Å². The van der Waals surface area contributed by atoms with Gasteiger partial charge in [0.25, 0.3) is 0 Å². The second-order valence-electron chi connectivity index (χ2n) is 5.13. The summed E-state index contributed by atoms with van der Waals surface area (Å²) < 4.78 is 0. The number of benzene rings is 1. The number of rotatable bonds is 4. The Morgan fingerprint density at radius 3 is 2.53 bits per heavy atom. The van der Waals surface area contributed by atoms with E-state index >= 15 is 0 Å². The molecule has 1 unspecified atom stereocenters. The first-order valence-corrected chi connectivity index (χ1v) is 6.45. The van der Waals surface area contributed by atoms with Gasteiger partial charge in [-0.05, 0) is 31.2 Å². The van der Waals surface area contributed by atoms with Crippen LogP contribution in [-0.4, -0.2) is 5.54 Å². The van der Waals surface area contributed by atoms with Crippen molar-refractivity contribution in [2.45, 2.75) is 44.7 Å². The molecule has 90 valence electrons. The zero-order valence-corrected chi connectivity index (χ0v) is 10.4. The van der Waals surface area contributed by atoms with E-state index in [9.17, 15) is 5.26 Å². The predicted octanol–water partition coefficient (Wildman–Crippen LogP) is 3.25. The molecule has 2 nitrogen and oxygen atoms in total. The van der Waals surface area contributed by atoms with Crippen LogP contribution in [0.3, 0.4) is 0 Å². The minimum absolute atomic E-state index is 0.369. The molecule has 0 amide bonds. The average molecular weight is 228 g/mol. The zero-order chi connectivity index (χ0) is 12.1. The highest BCUT2D eigenvalue weighted by Gasteiger charge is 2.35. The fourth-order valence-electron chi connectivity index (χ4n) is 2.66. The minimum atomic E-state index is -0.369. The van der Waals surface area contributed by atoms with Crippen molar-refractivity contribution in [3.05, 3.63) is 35.9 Å². The van der Waals surface area contributed by atoms with E-state index in [2.05, 4.69) is 23.5 Å². The number of nitriles is 1. The monoisotopic (exact) mass is 228 g/mol. The third-order valence-electron chi connectivity index (χ3n) is 3.91. The van der Waals surface area contributed by atoms with E-state index in [0.717, 1.165) is 6.54 Å². The summed E-state index contributed by atoms with van der Waals surface area (Å²) in [7, 11) is 0. The molecular weight excluding hydrogens is 208 g/mol. The van der Waals surface area contributed by atoms with Gasteiger partial charge in [0.15, 0.2) is 0 Å². The topological polar surface area (TPSA) is 35.8 Å². The van der Waals surface area contributed by atoms with E-state index in [1.54, 1.807) is 0 Å². The molecule has 0 aliphatic heterocycles. The van der Waals surface area contributed by atoms with Gasteiger partial charge >= 0.3 is 0 Å². The Morgan fingerprint density at radius 2 is 1.94 bits per heavy atom. The molecule has 1 fully saturated rings. The van der Waals surface area contributed by atoms with Gasteiger partial charge in [0.05, 0.1) is 6.07 Å². The molecule has 1 aliphatic carbocycles. The van der Waals surface area contributed by atoms with Crippen LogP contribution in [0.1, 0.15) is 38.2 Å². The summed E-state index contributed by atoms with van der Waals surface area (Å²) in [6.45, 7) is 2.83. The van der Waals surface area contributed by atoms with E-state index in [1.807, 2.05) is 25.1 Å². The van der Waals surface area contributed by atoms with Gasteiger partial charge in [-0.3, -0.25) is 5.32 Å². The van der Waals surface area contributed by atoms with Crippen molar-refractivity contribution in [1.29, 1.82) is 5.26 Å². The van der Waals surface area contributed by atoms with E-state index in [0.29, 0.717) is 5.92 Å². The molecule has 1 N–H and O–H groups in total. The third-order valence-corrected chi connectivity index (χ3v) is 3.91. The lowest BCUT2D eigenvalue weighted by molar-refractivity contribution is 0.299. The fraction of sp³-hybridized carbons (Fsp3) is 0.533. The molecule has 17 heavy (non-hydrogen) atoms. The molecule has 0 aromatic heterocycles. The molecule has 0 radical (unpaired) electrons. The highest BCUT2D eigenvalue weighted by atomic mass is 15.0. The van der Waals surface area contributed by atoms with Gasteiger partial charge in [0, 0.05) is 6.54 Å². The molecule has 2 rings (SSSR count). The summed E-state index contributed by atoms with van der Waals surface area (Å²) in [5.41, 5.74) is 0.874. The van der Waals surface area contributed by atoms with Gasteiger partial charge in [-0.25, -0.2) is 0 Å². The van der Waals surface area contributed by atoms with Gasteiger partial charge in [-0.2, -0.15) is 5.26 Å². The van der Waals surface area contributed by atoms with Crippen LogP contribution in [0.5, 0.6) is 0 Å². The van der Waals surface area contributed by atoms with Crippen molar-refractivity contribution < 1.29 is 0 Å². The Morgan fingerprint density at radius 1 is 1.29 bits per heavy atom. The molecule has 1 aromatic rings. The summed E-state index contributed by atoms with van der Waals surface area (Å²) in [6.07, 6.45) is 4.92. The van der Waals surface area contributed by atoms with Crippen LogP contribution < -0.4 is 5.32 Å². The highest BCUT2D eigenvalue weighted by Crippen LogP contribution is 2.33. The lowest BCUT2D eigenvalue weighted by Crippen LogP contribution is -2.46. The van der Waals surface area contributed by atoms with Gasteiger partial charge in [0.1, 0.15) is 5.54 Å². The first-order chi connectivity index (χ1) is 8.24. The second-order valence-corrected chi connectivity index (χ2v) is 5.13. The first kappa shape index (κ1) is 12.1. The number of nitrogens with zero attached hydrogens (tertiary/aromatic N) is 1. The molecule has 0 saturated heterocycles. The van der Waals surface area contributed by atoms with Crippen LogP contribution in [0.25, 0.3) is 0 Å². The minimum Gasteiger partial charge on any atom is -0.295 e. The number of nitrogens with one attached hydrogen (secondary N) is 1. The van der Waals surface area contributed by atoms with Gasteiger partial charge in [0.2, 0.25) is 0 Å². The van der Waals surface area contributed by atoms with Crippen molar-refractivity contribution in [3.8, 4) is 6.07 Å². The molecule has 0 heterocycles. The van der Waals surface area contributed by atoms with Crippen LogP contribution >= 0.6 is 0 Å². The van der Waals surface area contributed by atoms with Gasteiger partial charge < -0.3 is 0 Å². The Kier molecular flexibility index (Phi) is 3.81. The Labute approximate surface area is 104 Å². The second kappa shape index (κ2) is 5.33. The summed E-state index contributed by atoms with van der Waals surface area (Å²) in [5.74, 6) is 0.510. The first-order valence-electron chi connectivity index (χ1n) is 6.45. The van der Waals surface area contributed by atoms with E-state index in [-0.39, 0.29) is 5.54 Å². The highest BCUT2D eigenvalue weighted by molar-refractivity contribution is 5.16. The van der Waals surface area contributed by atoms with Crippen molar-refractivity contribution >= 4 is 0 Å². The maximum Gasteiger partial charge on any atom is 0.107 e. The maximum atomic E-state index is 9.41. The Bertz CT molecular complexity index is 387. The summed E-state index contributed by atoms with van der Waals surface area (Å²) in [4.78, 5) is 0. The Balaban J connectivity index is 1.98. The van der Waals surface area contributed by atoms with Crippen molar-refractivity contribution in [3.63, 3.8) is 0 Å². The largest absolute Gasteiger partial charge is 0.295 e. The lowest BCUT2D eigenvalue weighted by Gasteiger charge is -2.29. The molecule has 2 heteroatoms. The van der Waals surface area contributed by atoms with E-state index in [1.165, 1.54) is 31.2 Å². The molecule has 0 bridgehead atoms. The molecule has 1 aromatic carbocycles. The standard InChI is InChI=1S/C15H20N2/c1-15(12-16,14-9-5-6-10-14)17-11-13-7-3-2-4-8-13/h2-4,7-8,14,17H,5-6,9-11H2,1H3. The molecule has 1 aliphatic rings. The normalized spacial score (nSPS) is 19.8. The Hall–Kier alpha value is -1.33. The fourth-order valence-corrected chi connectivity index (χ4v) is 2.66. The molecular formula is C15H20N2. The number of hydrogen-bond acceptors (Lipinski definition) is 2. The van der Waals surface area contributed by atoms with E-state index < -0.39 is 0 Å². The molecule has 0 spiro atoms. The van der Waals surface area contributed by atoms with Crippen molar-refractivity contribution in [2.75, 3.05) is 0 Å².